The van der Waals surface area contributed by atoms with E-state index >= 15 is 0 Å². The van der Waals surface area contributed by atoms with Gasteiger partial charge in [0.1, 0.15) is 11.5 Å². The van der Waals surface area contributed by atoms with Crippen LogP contribution >= 0.6 is 23.2 Å². The molecule has 0 saturated heterocycles. The number of rotatable bonds is 8. The van der Waals surface area contributed by atoms with E-state index in [9.17, 15) is 14.7 Å². The SMILES string of the molecule is O=C(O)CC(NC(=O)c1cc(CCc2ccc3c(n2)NCCC3)c[nH]1)c1cc(Cl)cc(Cl)c1. The van der Waals surface area contributed by atoms with Gasteiger partial charge in [0.15, 0.2) is 0 Å². The van der Waals surface area contributed by atoms with E-state index in [1.807, 2.05) is 0 Å². The fraction of sp³-hybridized carbons (Fsp3) is 0.292. The predicted molar refractivity (Wildman–Crippen MR) is 128 cm³/mol. The third kappa shape index (κ3) is 6.06. The molecule has 1 aliphatic rings. The zero-order valence-corrected chi connectivity index (χ0v) is 19.3. The molecule has 1 aliphatic heterocycles. The summed E-state index contributed by atoms with van der Waals surface area (Å²) in [5.74, 6) is -0.478. The predicted octanol–water partition coefficient (Wildman–Crippen LogP) is 4.81. The van der Waals surface area contributed by atoms with Crippen molar-refractivity contribution in [2.75, 3.05) is 11.9 Å². The van der Waals surface area contributed by atoms with Crippen molar-refractivity contribution >= 4 is 40.9 Å². The Morgan fingerprint density at radius 3 is 2.67 bits per heavy atom. The molecule has 0 bridgehead atoms. The van der Waals surface area contributed by atoms with E-state index in [0.29, 0.717) is 21.3 Å². The molecule has 2 aromatic heterocycles. The molecule has 0 aliphatic carbocycles. The minimum absolute atomic E-state index is 0.298. The number of benzene rings is 1. The van der Waals surface area contributed by atoms with Crippen molar-refractivity contribution in [3.8, 4) is 0 Å². The highest BCUT2D eigenvalue weighted by Gasteiger charge is 2.21. The van der Waals surface area contributed by atoms with Crippen LogP contribution in [0.5, 0.6) is 0 Å². The van der Waals surface area contributed by atoms with Gasteiger partial charge in [-0.15, -0.1) is 0 Å². The summed E-state index contributed by atoms with van der Waals surface area (Å²) < 4.78 is 0. The van der Waals surface area contributed by atoms with Crippen LogP contribution < -0.4 is 10.6 Å². The molecule has 3 heterocycles. The lowest BCUT2D eigenvalue weighted by molar-refractivity contribution is -0.137. The zero-order valence-electron chi connectivity index (χ0n) is 17.8. The third-order valence-electron chi connectivity index (χ3n) is 5.58. The monoisotopic (exact) mass is 486 g/mol. The Morgan fingerprint density at radius 2 is 1.91 bits per heavy atom. The lowest BCUT2D eigenvalue weighted by Crippen LogP contribution is -2.30. The Hall–Kier alpha value is -3.03. The molecule has 172 valence electrons. The van der Waals surface area contributed by atoms with Crippen LogP contribution in [0.3, 0.4) is 0 Å². The number of aryl methyl sites for hydroxylation is 3. The van der Waals surface area contributed by atoms with Crippen molar-refractivity contribution in [3.63, 3.8) is 0 Å². The fourth-order valence-corrected chi connectivity index (χ4v) is 4.48. The Kier molecular flexibility index (Phi) is 7.20. The molecule has 1 amide bonds. The number of carbonyl (C=O) groups is 2. The molecule has 0 fully saturated rings. The van der Waals surface area contributed by atoms with Crippen LogP contribution in [0, 0.1) is 0 Å². The molecule has 0 radical (unpaired) electrons. The van der Waals surface area contributed by atoms with Gasteiger partial charge in [-0.25, -0.2) is 4.98 Å². The van der Waals surface area contributed by atoms with Crippen LogP contribution in [-0.4, -0.2) is 33.5 Å². The number of fused-ring (bicyclic) bond motifs is 1. The van der Waals surface area contributed by atoms with E-state index in [1.165, 1.54) is 5.56 Å². The average Bonchev–Trinajstić information content (AvgIpc) is 3.25. The zero-order chi connectivity index (χ0) is 23.4. The summed E-state index contributed by atoms with van der Waals surface area (Å²) >= 11 is 12.1. The molecule has 3 aromatic rings. The number of carbonyl (C=O) groups excluding carboxylic acids is 1. The fourth-order valence-electron chi connectivity index (χ4n) is 3.93. The number of hydrogen-bond acceptors (Lipinski definition) is 4. The highest BCUT2D eigenvalue weighted by molar-refractivity contribution is 6.34. The molecule has 33 heavy (non-hydrogen) atoms. The molecule has 0 spiro atoms. The summed E-state index contributed by atoms with van der Waals surface area (Å²) in [5.41, 5.74) is 4.10. The molecule has 1 aromatic carbocycles. The molecule has 7 nitrogen and oxygen atoms in total. The van der Waals surface area contributed by atoms with Crippen molar-refractivity contribution in [3.05, 3.63) is 80.7 Å². The van der Waals surface area contributed by atoms with Crippen LogP contribution in [0.25, 0.3) is 0 Å². The lowest BCUT2D eigenvalue weighted by Gasteiger charge is -2.18. The number of aromatic amines is 1. The van der Waals surface area contributed by atoms with Gasteiger partial charge in [-0.2, -0.15) is 0 Å². The lowest BCUT2D eigenvalue weighted by atomic mass is 10.0. The number of pyridine rings is 1. The van der Waals surface area contributed by atoms with Crippen LogP contribution in [0.1, 0.15) is 51.8 Å². The number of aromatic nitrogens is 2. The first kappa shape index (κ1) is 23.1. The summed E-state index contributed by atoms with van der Waals surface area (Å²) in [6.07, 6.45) is 5.13. The van der Waals surface area contributed by atoms with E-state index in [2.05, 4.69) is 27.8 Å². The van der Waals surface area contributed by atoms with Crippen molar-refractivity contribution in [1.82, 2.24) is 15.3 Å². The number of H-pyrrole nitrogens is 1. The van der Waals surface area contributed by atoms with Crippen molar-refractivity contribution in [2.45, 2.75) is 38.1 Å². The third-order valence-corrected chi connectivity index (χ3v) is 6.02. The topological polar surface area (TPSA) is 107 Å². The summed E-state index contributed by atoms with van der Waals surface area (Å²) in [6, 6.07) is 9.93. The summed E-state index contributed by atoms with van der Waals surface area (Å²) in [7, 11) is 0. The summed E-state index contributed by atoms with van der Waals surface area (Å²) in [5, 5.41) is 16.1. The van der Waals surface area contributed by atoms with Gasteiger partial charge in [0.25, 0.3) is 5.91 Å². The number of amides is 1. The number of hydrogen-bond donors (Lipinski definition) is 4. The minimum Gasteiger partial charge on any atom is -0.481 e. The van der Waals surface area contributed by atoms with Gasteiger partial charge in [-0.3, -0.25) is 9.59 Å². The molecule has 1 unspecified atom stereocenters. The average molecular weight is 487 g/mol. The Balaban J connectivity index is 1.41. The Morgan fingerprint density at radius 1 is 1.12 bits per heavy atom. The Bertz CT molecular complexity index is 1160. The number of nitrogens with one attached hydrogen (secondary N) is 3. The standard InChI is InChI=1S/C24H24Cl2N4O3/c25-17-9-16(10-18(26)11-17)20(12-22(31)32)30-24(33)21-8-14(13-28-21)3-5-19-6-4-15-2-1-7-27-23(15)29-19/h4,6,8-11,13,20,28H,1-3,5,7,12H2,(H,27,29)(H,30,33)(H,31,32). The number of halogens is 2. The maximum atomic E-state index is 12.8. The first-order valence-corrected chi connectivity index (χ1v) is 11.5. The number of aliphatic carboxylic acids is 1. The molecule has 9 heteroatoms. The number of carboxylic acids is 1. The van der Waals surface area contributed by atoms with Gasteiger partial charge in [-0.1, -0.05) is 29.3 Å². The van der Waals surface area contributed by atoms with Gasteiger partial charge in [-0.05, 0) is 72.7 Å². The maximum Gasteiger partial charge on any atom is 0.305 e. The van der Waals surface area contributed by atoms with Gasteiger partial charge < -0.3 is 20.7 Å². The maximum absolute atomic E-state index is 12.8. The quantitative estimate of drug-likeness (QED) is 0.365. The number of nitrogens with zero attached hydrogens (tertiary/aromatic N) is 1. The van der Waals surface area contributed by atoms with E-state index in [0.717, 1.165) is 49.3 Å². The number of carboxylic acid groups (broad SMARTS) is 1. The highest BCUT2D eigenvalue weighted by atomic mass is 35.5. The molecule has 1 atom stereocenters. The molecule has 0 saturated carbocycles. The van der Waals surface area contributed by atoms with Gasteiger partial charge in [0.2, 0.25) is 0 Å². The minimum atomic E-state index is -1.05. The summed E-state index contributed by atoms with van der Waals surface area (Å²) in [4.78, 5) is 31.8. The molecule has 4 rings (SSSR count). The first-order valence-electron chi connectivity index (χ1n) is 10.8. The second-order valence-electron chi connectivity index (χ2n) is 8.09. The normalized spacial score (nSPS) is 13.6. The van der Waals surface area contributed by atoms with E-state index in [1.54, 1.807) is 30.5 Å². The van der Waals surface area contributed by atoms with Crippen LogP contribution in [0.4, 0.5) is 5.82 Å². The van der Waals surface area contributed by atoms with Crippen LogP contribution in [-0.2, 0) is 24.1 Å². The van der Waals surface area contributed by atoms with Crippen LogP contribution in [0.2, 0.25) is 10.0 Å². The van der Waals surface area contributed by atoms with Crippen molar-refractivity contribution in [2.24, 2.45) is 0 Å². The van der Waals surface area contributed by atoms with E-state index < -0.39 is 17.9 Å². The molecular weight excluding hydrogens is 463 g/mol. The van der Waals surface area contributed by atoms with E-state index in [4.69, 9.17) is 28.2 Å². The Labute approximate surface area is 201 Å². The van der Waals surface area contributed by atoms with Gasteiger partial charge in [0.05, 0.1) is 12.5 Å². The van der Waals surface area contributed by atoms with Gasteiger partial charge in [0, 0.05) is 28.5 Å². The second-order valence-corrected chi connectivity index (χ2v) is 8.96. The van der Waals surface area contributed by atoms with Crippen molar-refractivity contribution in [1.29, 1.82) is 0 Å². The second kappa shape index (κ2) is 10.3. The molecular formula is C24H24Cl2N4O3. The highest BCUT2D eigenvalue weighted by Crippen LogP contribution is 2.26. The first-order chi connectivity index (χ1) is 15.9. The van der Waals surface area contributed by atoms with E-state index in [-0.39, 0.29) is 6.42 Å². The van der Waals surface area contributed by atoms with Gasteiger partial charge >= 0.3 is 5.97 Å². The summed E-state index contributed by atoms with van der Waals surface area (Å²) in [6.45, 7) is 0.948. The number of anilines is 1. The largest absolute Gasteiger partial charge is 0.481 e. The molecule has 4 N–H and O–H groups in total. The van der Waals surface area contributed by atoms with Crippen LogP contribution in [0.15, 0.2) is 42.6 Å². The van der Waals surface area contributed by atoms with Crippen molar-refractivity contribution < 1.29 is 14.7 Å². The smallest absolute Gasteiger partial charge is 0.305 e.